The van der Waals surface area contributed by atoms with Crippen molar-refractivity contribution < 1.29 is 51.9 Å². The Kier molecular flexibility index (Phi) is 15.7. The Hall–Kier alpha value is -6.44. The molecule has 1 N–H and O–H groups in total. The van der Waals surface area contributed by atoms with E-state index in [1.807, 2.05) is 109 Å². The molecule has 67 heavy (non-hydrogen) atoms. The summed E-state index contributed by atoms with van der Waals surface area (Å²) in [6.45, 7) is 1.95. The highest BCUT2D eigenvalue weighted by Gasteiger charge is 2.50. The number of anilines is 1. The molecule has 0 bridgehead atoms. The molecule has 1 aliphatic heterocycles. The number of aliphatic hydroxyl groups excluding tert-OH is 1. The predicted octanol–water partition coefficient (Wildman–Crippen LogP) is 10.3. The number of carbonyl (C=O) groups is 2. The Morgan fingerprint density at radius 2 is 1.21 bits per heavy atom. The summed E-state index contributed by atoms with van der Waals surface area (Å²) >= 11 is 0. The minimum atomic E-state index is -0.689. The lowest BCUT2D eigenvalue weighted by molar-refractivity contribution is -0.218. The fourth-order valence-corrected chi connectivity index (χ4v) is 9.12. The number of benzene rings is 6. The normalized spacial score (nSPS) is 21.8. The second-order valence-corrected chi connectivity index (χ2v) is 17.0. The van der Waals surface area contributed by atoms with Crippen LogP contribution in [0.15, 0.2) is 158 Å². The van der Waals surface area contributed by atoms with Crippen molar-refractivity contribution >= 4 is 17.6 Å². The lowest BCUT2D eigenvalue weighted by Gasteiger charge is -2.48. The van der Waals surface area contributed by atoms with E-state index >= 15 is 0 Å². The summed E-state index contributed by atoms with van der Waals surface area (Å²) in [5.41, 5.74) is 4.86. The summed E-state index contributed by atoms with van der Waals surface area (Å²) in [6.07, 6.45) is -2.07. The van der Waals surface area contributed by atoms with Gasteiger partial charge in [0, 0.05) is 25.1 Å². The number of carbonyl (C=O) groups excluding carboxylic acids is 2. The molecule has 1 saturated heterocycles. The first-order valence-corrected chi connectivity index (χ1v) is 22.6. The van der Waals surface area contributed by atoms with Crippen LogP contribution in [0.3, 0.4) is 0 Å². The lowest BCUT2D eigenvalue weighted by atomic mass is 9.78. The zero-order valence-electron chi connectivity index (χ0n) is 37.5. The van der Waals surface area contributed by atoms with Crippen molar-refractivity contribution in [3.8, 4) is 11.5 Å². The van der Waals surface area contributed by atoms with Crippen LogP contribution >= 0.6 is 0 Å². The van der Waals surface area contributed by atoms with Crippen molar-refractivity contribution in [2.45, 2.75) is 82.6 Å². The number of nitrogens with zero attached hydrogens (tertiary/aromatic N) is 1. The van der Waals surface area contributed by atoms with Crippen molar-refractivity contribution in [2.24, 2.45) is 11.8 Å². The fraction of sp³-hybridized carbons (Fsp3) is 0.309. The maximum atomic E-state index is 14.1. The molecule has 6 aromatic carbocycles. The summed E-state index contributed by atoms with van der Waals surface area (Å²) in [5, 5.41) is 11.0. The summed E-state index contributed by atoms with van der Waals surface area (Å²) < 4.78 is 66.1. The Balaban J connectivity index is 1.06. The van der Waals surface area contributed by atoms with Gasteiger partial charge in [0.1, 0.15) is 47.5 Å². The van der Waals surface area contributed by atoms with E-state index in [1.54, 1.807) is 36.3 Å². The van der Waals surface area contributed by atoms with Crippen molar-refractivity contribution in [1.82, 2.24) is 0 Å². The third-order valence-corrected chi connectivity index (χ3v) is 12.5. The molecule has 6 aromatic rings. The van der Waals surface area contributed by atoms with Crippen LogP contribution in [0.25, 0.3) is 0 Å². The molecular weight excluding hydrogens is 857 g/mol. The Morgan fingerprint density at radius 3 is 1.78 bits per heavy atom. The maximum Gasteiger partial charge on any atom is 0.303 e. The van der Waals surface area contributed by atoms with Crippen molar-refractivity contribution in [3.63, 3.8) is 0 Å². The first kappa shape index (κ1) is 47.1. The second kappa shape index (κ2) is 22.4. The zero-order chi connectivity index (χ0) is 46.7. The number of β-lactam (4-membered cyclic amide) rings is 1. The molecule has 2 fully saturated rings. The van der Waals surface area contributed by atoms with Gasteiger partial charge in [0.15, 0.2) is 0 Å². The average molecular weight is 912 g/mol. The van der Waals surface area contributed by atoms with Crippen LogP contribution in [0, 0.1) is 23.5 Å². The number of methoxy groups -OCH3 is 1. The molecule has 8 rings (SSSR count). The Morgan fingerprint density at radius 1 is 0.672 bits per heavy atom. The predicted molar refractivity (Wildman–Crippen MR) is 248 cm³/mol. The van der Waals surface area contributed by atoms with E-state index in [9.17, 15) is 23.5 Å². The summed E-state index contributed by atoms with van der Waals surface area (Å²) in [4.78, 5) is 27.8. The van der Waals surface area contributed by atoms with Crippen molar-refractivity contribution in [3.05, 3.63) is 197 Å². The van der Waals surface area contributed by atoms with Gasteiger partial charge in [-0.1, -0.05) is 97.1 Å². The third-order valence-electron chi connectivity index (χ3n) is 12.5. The van der Waals surface area contributed by atoms with Gasteiger partial charge < -0.3 is 38.4 Å². The zero-order valence-corrected chi connectivity index (χ0v) is 37.5. The average Bonchev–Trinajstić information content (AvgIpc) is 3.35. The SMILES string of the molecule is COc1ccc(CO[C@@H]2[C@@H](CO)C[C@@H](Oc3ccc([C@@H]4[C@@H](CCC(OC(C)=O)c5ccc(F)cc5)C(=O)N4c4ccc(F)cc4)cc3)[C@H](OCc3ccccc3)[C@H]2OCc2ccccc2)cc1. The van der Waals surface area contributed by atoms with Crippen LogP contribution in [0.4, 0.5) is 14.5 Å². The molecule has 1 amide bonds. The topological polar surface area (TPSA) is 113 Å². The van der Waals surface area contributed by atoms with Gasteiger partial charge in [-0.15, -0.1) is 0 Å². The van der Waals surface area contributed by atoms with Crippen molar-refractivity contribution in [1.29, 1.82) is 0 Å². The monoisotopic (exact) mass is 911 g/mol. The highest BCUT2D eigenvalue weighted by molar-refractivity contribution is 6.03. The quantitative estimate of drug-likeness (QED) is 0.0591. The summed E-state index contributed by atoms with van der Waals surface area (Å²) in [5.74, 6) is -1.09. The number of amides is 1. The molecule has 0 radical (unpaired) electrons. The number of hydrogen-bond acceptors (Lipinski definition) is 9. The van der Waals surface area contributed by atoms with Gasteiger partial charge in [0.25, 0.3) is 0 Å². The van der Waals surface area contributed by atoms with Crippen LogP contribution in [0.2, 0.25) is 0 Å². The Bertz CT molecular complexity index is 2490. The standard InChI is InChI=1S/C55H55F2NO9/c1-36(60)66-49(40-15-19-43(56)20-16-40)30-29-48-51(58(55(48)61)45-23-21-44(57)22-24-45)41-17-27-47(28-18-41)67-50-31-42(32-59)52(63-35-39-13-25-46(62-2)26-14-39)54(65-34-38-11-7-4-8-12-38)53(50)64-33-37-9-5-3-6-10-37/h3-28,42,48-54,59H,29-35H2,1-2H3/t42-,48-,49?,50-,51-,52-,53+,54+/m1/s1. The molecule has 0 spiro atoms. The minimum absolute atomic E-state index is 0.154. The van der Waals surface area contributed by atoms with Crippen LogP contribution in [-0.2, 0) is 48.4 Å². The number of aliphatic hydroxyl groups is 1. The van der Waals surface area contributed by atoms with E-state index in [0.717, 1.165) is 28.0 Å². The molecule has 12 heteroatoms. The van der Waals surface area contributed by atoms with E-state index in [2.05, 4.69) is 0 Å². The van der Waals surface area contributed by atoms with E-state index in [1.165, 1.54) is 31.2 Å². The summed E-state index contributed by atoms with van der Waals surface area (Å²) in [6, 6.07) is 46.1. The van der Waals surface area contributed by atoms with Crippen LogP contribution < -0.4 is 14.4 Å². The van der Waals surface area contributed by atoms with Crippen LogP contribution in [-0.4, -0.2) is 55.1 Å². The third kappa shape index (κ3) is 11.8. The van der Waals surface area contributed by atoms with Gasteiger partial charge in [-0.25, -0.2) is 8.78 Å². The molecule has 1 unspecified atom stereocenters. The Labute approximate surface area is 390 Å². The van der Waals surface area contributed by atoms with E-state index in [0.29, 0.717) is 36.3 Å². The van der Waals surface area contributed by atoms with Gasteiger partial charge in [-0.05, 0) is 108 Å². The van der Waals surface area contributed by atoms with E-state index in [4.69, 9.17) is 28.4 Å². The number of halogens is 2. The first-order valence-electron chi connectivity index (χ1n) is 22.6. The molecule has 1 aliphatic carbocycles. The molecule has 10 nitrogen and oxygen atoms in total. The largest absolute Gasteiger partial charge is 0.497 e. The number of rotatable bonds is 20. The smallest absolute Gasteiger partial charge is 0.303 e. The fourth-order valence-electron chi connectivity index (χ4n) is 9.12. The molecule has 1 saturated carbocycles. The van der Waals surface area contributed by atoms with Gasteiger partial charge in [-0.2, -0.15) is 0 Å². The molecule has 1 heterocycles. The van der Waals surface area contributed by atoms with Gasteiger partial charge >= 0.3 is 5.97 Å². The highest BCUT2D eigenvalue weighted by atomic mass is 19.1. The van der Waals surface area contributed by atoms with Gasteiger partial charge in [0.2, 0.25) is 5.91 Å². The highest BCUT2D eigenvalue weighted by Crippen LogP contribution is 2.47. The second-order valence-electron chi connectivity index (χ2n) is 17.0. The van der Waals surface area contributed by atoms with E-state index in [-0.39, 0.29) is 38.3 Å². The first-order chi connectivity index (χ1) is 32.7. The summed E-state index contributed by atoms with van der Waals surface area (Å²) in [7, 11) is 1.62. The van der Waals surface area contributed by atoms with Gasteiger partial charge in [-0.3, -0.25) is 9.59 Å². The molecular formula is C55H55F2NO9. The van der Waals surface area contributed by atoms with Crippen LogP contribution in [0.1, 0.15) is 66.1 Å². The van der Waals surface area contributed by atoms with Crippen LogP contribution in [0.5, 0.6) is 11.5 Å². The van der Waals surface area contributed by atoms with E-state index < -0.39 is 60.1 Å². The van der Waals surface area contributed by atoms with Crippen molar-refractivity contribution in [2.75, 3.05) is 18.6 Å². The number of ether oxygens (including phenoxy) is 6. The molecule has 0 aromatic heterocycles. The maximum absolute atomic E-state index is 14.1. The number of hydrogen-bond donors (Lipinski definition) is 1. The number of esters is 1. The lowest BCUT2D eigenvalue weighted by Crippen LogP contribution is -2.58. The molecule has 348 valence electrons. The minimum Gasteiger partial charge on any atom is -0.497 e. The molecule has 2 aliphatic rings. The van der Waals surface area contributed by atoms with Gasteiger partial charge in [0.05, 0.1) is 45.0 Å². The molecule has 8 atom stereocenters.